The SMILES string of the molecule is COc1ccc2ncc(F)c(C(=O)CCC3CCN(CCSC4CCCCC4)CC3OC(=O)O)c2c1. The third-order valence-electron chi connectivity index (χ3n) is 7.40. The number of halogens is 1. The molecule has 1 saturated heterocycles. The Kier molecular flexibility index (Phi) is 9.42. The lowest BCUT2D eigenvalue weighted by Crippen LogP contribution is -2.46. The largest absolute Gasteiger partial charge is 0.506 e. The molecular formula is C27H35FN2O5S. The quantitative estimate of drug-likeness (QED) is 0.312. The van der Waals surface area contributed by atoms with Gasteiger partial charge in [-0.15, -0.1) is 0 Å². The molecule has 1 aliphatic carbocycles. The van der Waals surface area contributed by atoms with Crippen molar-refractivity contribution in [1.29, 1.82) is 0 Å². The fraction of sp³-hybridized carbons (Fsp3) is 0.593. The molecule has 0 spiro atoms. The van der Waals surface area contributed by atoms with Crippen LogP contribution in [0.2, 0.25) is 0 Å². The van der Waals surface area contributed by atoms with E-state index in [-0.39, 0.29) is 23.7 Å². The zero-order valence-corrected chi connectivity index (χ0v) is 21.6. The Morgan fingerprint density at radius 1 is 1.22 bits per heavy atom. The number of pyridine rings is 1. The molecule has 1 saturated carbocycles. The molecule has 1 aromatic carbocycles. The Hall–Kier alpha value is -2.39. The number of rotatable bonds is 10. The Bertz CT molecular complexity index is 1060. The van der Waals surface area contributed by atoms with Gasteiger partial charge in [0.25, 0.3) is 0 Å². The van der Waals surface area contributed by atoms with Gasteiger partial charge in [-0.25, -0.2) is 9.18 Å². The normalized spacial score (nSPS) is 21.4. The van der Waals surface area contributed by atoms with E-state index in [1.807, 2.05) is 11.8 Å². The number of hydrogen-bond acceptors (Lipinski definition) is 7. The van der Waals surface area contributed by atoms with Crippen molar-refractivity contribution in [3.8, 4) is 5.75 Å². The summed E-state index contributed by atoms with van der Waals surface area (Å²) in [5.41, 5.74) is 0.527. The first-order valence-electron chi connectivity index (χ1n) is 12.8. The minimum atomic E-state index is -1.30. The van der Waals surface area contributed by atoms with Crippen molar-refractivity contribution in [2.75, 3.05) is 32.5 Å². The third-order valence-corrected chi connectivity index (χ3v) is 8.76. The van der Waals surface area contributed by atoms with Crippen molar-refractivity contribution in [2.45, 2.75) is 62.7 Å². The molecule has 9 heteroatoms. The Labute approximate surface area is 215 Å². The molecule has 0 amide bonds. The van der Waals surface area contributed by atoms with Gasteiger partial charge < -0.3 is 14.6 Å². The first kappa shape index (κ1) is 26.7. The predicted octanol–water partition coefficient (Wildman–Crippen LogP) is 5.80. The molecule has 0 radical (unpaired) electrons. The van der Waals surface area contributed by atoms with Crippen LogP contribution in [-0.4, -0.2) is 70.8 Å². The summed E-state index contributed by atoms with van der Waals surface area (Å²) in [5.74, 6) is 0.481. The molecule has 1 aliphatic heterocycles. The van der Waals surface area contributed by atoms with Gasteiger partial charge in [-0.05, 0) is 56.3 Å². The molecule has 4 rings (SSSR count). The molecule has 2 fully saturated rings. The maximum atomic E-state index is 14.7. The highest BCUT2D eigenvalue weighted by atomic mass is 32.2. The number of carbonyl (C=O) groups excluding carboxylic acids is 1. The number of ether oxygens (including phenoxy) is 2. The summed E-state index contributed by atoms with van der Waals surface area (Å²) in [6, 6.07) is 5.04. The number of benzene rings is 1. The third kappa shape index (κ3) is 6.88. The molecule has 0 bridgehead atoms. The lowest BCUT2D eigenvalue weighted by molar-refractivity contribution is -0.0190. The Morgan fingerprint density at radius 3 is 2.78 bits per heavy atom. The topological polar surface area (TPSA) is 89.0 Å². The Balaban J connectivity index is 1.36. The monoisotopic (exact) mass is 518 g/mol. The first-order valence-corrected chi connectivity index (χ1v) is 13.9. The molecule has 36 heavy (non-hydrogen) atoms. The number of methoxy groups -OCH3 is 1. The molecule has 2 atom stereocenters. The highest BCUT2D eigenvalue weighted by Crippen LogP contribution is 2.31. The number of ketones is 1. The van der Waals surface area contributed by atoms with Crippen molar-refractivity contribution >= 4 is 34.6 Å². The van der Waals surface area contributed by atoms with E-state index >= 15 is 0 Å². The fourth-order valence-electron chi connectivity index (χ4n) is 5.40. The molecule has 1 N–H and O–H groups in total. The maximum Gasteiger partial charge on any atom is 0.506 e. The first-order chi connectivity index (χ1) is 17.4. The van der Waals surface area contributed by atoms with Crippen molar-refractivity contribution in [3.05, 3.63) is 35.8 Å². The summed E-state index contributed by atoms with van der Waals surface area (Å²) >= 11 is 2.03. The number of thioether (sulfide) groups is 1. The van der Waals surface area contributed by atoms with Gasteiger partial charge >= 0.3 is 6.16 Å². The van der Waals surface area contributed by atoms with Gasteiger partial charge in [0.2, 0.25) is 0 Å². The second-order valence-corrected chi connectivity index (χ2v) is 11.1. The fourth-order valence-corrected chi connectivity index (χ4v) is 6.77. The van der Waals surface area contributed by atoms with E-state index in [1.54, 1.807) is 18.2 Å². The van der Waals surface area contributed by atoms with Crippen LogP contribution < -0.4 is 4.74 Å². The average molecular weight is 519 g/mol. The minimum absolute atomic E-state index is 0.00627. The van der Waals surface area contributed by atoms with E-state index in [2.05, 4.69) is 9.88 Å². The highest BCUT2D eigenvalue weighted by Gasteiger charge is 2.33. The zero-order valence-electron chi connectivity index (χ0n) is 20.8. The maximum absolute atomic E-state index is 14.7. The summed E-state index contributed by atoms with van der Waals surface area (Å²) in [5, 5.41) is 10.5. The van der Waals surface area contributed by atoms with Gasteiger partial charge in [0, 0.05) is 35.9 Å². The number of nitrogens with zero attached hydrogens (tertiary/aromatic N) is 2. The number of piperidine rings is 1. The van der Waals surface area contributed by atoms with Gasteiger partial charge in [0.15, 0.2) is 11.6 Å². The smallest absolute Gasteiger partial charge is 0.497 e. The number of likely N-dealkylation sites (tertiary alicyclic amines) is 1. The number of Topliss-reactive ketones (excluding diaryl/α,β-unsaturated/α-hetero) is 1. The van der Waals surface area contributed by atoms with Crippen LogP contribution in [0.4, 0.5) is 9.18 Å². The second kappa shape index (κ2) is 12.7. The molecule has 7 nitrogen and oxygen atoms in total. The van der Waals surface area contributed by atoms with Crippen LogP contribution in [0.3, 0.4) is 0 Å². The predicted molar refractivity (Wildman–Crippen MR) is 139 cm³/mol. The average Bonchev–Trinajstić information content (AvgIpc) is 2.88. The van der Waals surface area contributed by atoms with Crippen LogP contribution in [-0.2, 0) is 4.74 Å². The van der Waals surface area contributed by atoms with Crippen molar-refractivity contribution in [1.82, 2.24) is 9.88 Å². The van der Waals surface area contributed by atoms with E-state index in [9.17, 15) is 19.1 Å². The van der Waals surface area contributed by atoms with Crippen molar-refractivity contribution < 1.29 is 28.6 Å². The van der Waals surface area contributed by atoms with Gasteiger partial charge in [-0.1, -0.05) is 19.3 Å². The van der Waals surface area contributed by atoms with E-state index in [4.69, 9.17) is 9.47 Å². The van der Waals surface area contributed by atoms with E-state index < -0.39 is 18.1 Å². The molecule has 2 heterocycles. The van der Waals surface area contributed by atoms with E-state index in [0.29, 0.717) is 29.6 Å². The zero-order chi connectivity index (χ0) is 25.5. The van der Waals surface area contributed by atoms with Crippen LogP contribution in [0.25, 0.3) is 10.9 Å². The summed E-state index contributed by atoms with van der Waals surface area (Å²) in [4.78, 5) is 30.8. The van der Waals surface area contributed by atoms with Crippen molar-refractivity contribution in [2.24, 2.45) is 5.92 Å². The van der Waals surface area contributed by atoms with Crippen LogP contribution in [0.1, 0.15) is 61.7 Å². The van der Waals surface area contributed by atoms with Gasteiger partial charge in [-0.3, -0.25) is 14.7 Å². The number of aromatic nitrogens is 1. The van der Waals surface area contributed by atoms with Crippen molar-refractivity contribution in [3.63, 3.8) is 0 Å². The van der Waals surface area contributed by atoms with Crippen LogP contribution in [0.5, 0.6) is 5.75 Å². The molecule has 1 aromatic heterocycles. The number of carboxylic acid groups (broad SMARTS) is 1. The van der Waals surface area contributed by atoms with Gasteiger partial charge in [0.05, 0.1) is 24.4 Å². The Morgan fingerprint density at radius 2 is 2.03 bits per heavy atom. The van der Waals surface area contributed by atoms with Crippen LogP contribution in [0, 0.1) is 11.7 Å². The summed E-state index contributed by atoms with van der Waals surface area (Å²) in [7, 11) is 1.51. The van der Waals surface area contributed by atoms with E-state index in [0.717, 1.165) is 36.7 Å². The van der Waals surface area contributed by atoms with Gasteiger partial charge in [-0.2, -0.15) is 11.8 Å². The number of carbonyl (C=O) groups is 2. The molecule has 196 valence electrons. The summed E-state index contributed by atoms with van der Waals surface area (Å²) in [6.45, 7) is 2.27. The number of fused-ring (bicyclic) bond motifs is 1. The van der Waals surface area contributed by atoms with Gasteiger partial charge in [0.1, 0.15) is 11.9 Å². The second-order valence-electron chi connectivity index (χ2n) is 9.73. The summed E-state index contributed by atoms with van der Waals surface area (Å²) < 4.78 is 25.2. The molecule has 2 unspecified atom stereocenters. The minimum Gasteiger partial charge on any atom is -0.497 e. The van der Waals surface area contributed by atoms with Crippen LogP contribution in [0.15, 0.2) is 24.4 Å². The highest BCUT2D eigenvalue weighted by molar-refractivity contribution is 7.99. The molecule has 2 aliphatic rings. The van der Waals surface area contributed by atoms with E-state index in [1.165, 1.54) is 39.2 Å². The summed E-state index contributed by atoms with van der Waals surface area (Å²) in [6.07, 6.45) is 7.15. The molecular weight excluding hydrogens is 483 g/mol. The number of hydrogen-bond donors (Lipinski definition) is 1. The lowest BCUT2D eigenvalue weighted by atomic mass is 9.87. The standard InChI is InChI=1S/C27H35FN2O5S/c1-34-19-8-9-23-21(15-19)26(22(28)16-29-23)24(31)10-7-18-11-12-30(17-25(18)35-27(32)33)13-14-36-20-5-3-2-4-6-20/h8-9,15-16,18,20,25H,2-7,10-14,17H2,1H3,(H,32,33). The van der Waals surface area contributed by atoms with Crippen LogP contribution >= 0.6 is 11.8 Å². The lowest BCUT2D eigenvalue weighted by Gasteiger charge is -2.37. The molecule has 2 aromatic rings.